The second kappa shape index (κ2) is 6.25. The minimum absolute atomic E-state index is 0.101. The molecule has 0 aliphatic heterocycles. The van der Waals surface area contributed by atoms with E-state index in [-0.39, 0.29) is 5.84 Å². The summed E-state index contributed by atoms with van der Waals surface area (Å²) >= 11 is 0. The van der Waals surface area contributed by atoms with E-state index in [1.807, 2.05) is 24.3 Å². The summed E-state index contributed by atoms with van der Waals surface area (Å²) in [5.41, 5.74) is 7.31. The molecule has 0 amide bonds. The lowest BCUT2D eigenvalue weighted by molar-refractivity contribution is 0.204. The normalized spacial score (nSPS) is 10.6. The van der Waals surface area contributed by atoms with Gasteiger partial charge in [-0.05, 0) is 38.1 Å². The van der Waals surface area contributed by atoms with Gasteiger partial charge in [0.2, 0.25) is 0 Å². The molecule has 4 heteroatoms. The number of amidine groups is 1. The van der Waals surface area contributed by atoms with Gasteiger partial charge in [-0.15, -0.1) is 0 Å². The molecule has 1 rings (SSSR count). The number of nitrogen functional groups attached to an aromatic ring is 1. The van der Waals surface area contributed by atoms with Crippen molar-refractivity contribution in [2.75, 3.05) is 25.2 Å². The summed E-state index contributed by atoms with van der Waals surface area (Å²) < 4.78 is 5.11. The number of hydrogen-bond donors (Lipinski definition) is 2. The molecule has 0 fully saturated rings. The molecular formula is C13H21N3O. The molecule has 0 saturated carbocycles. The lowest BCUT2D eigenvalue weighted by Gasteiger charge is -2.28. The average molecular weight is 235 g/mol. The molecule has 0 aliphatic rings. The highest BCUT2D eigenvalue weighted by Crippen LogP contribution is 2.17. The molecule has 0 heterocycles. The van der Waals surface area contributed by atoms with Crippen molar-refractivity contribution in [2.45, 2.75) is 19.9 Å². The second-order valence-electron chi connectivity index (χ2n) is 4.24. The fraction of sp³-hybridized carbons (Fsp3) is 0.462. The lowest BCUT2D eigenvalue weighted by Crippen LogP contribution is -2.33. The van der Waals surface area contributed by atoms with Crippen LogP contribution in [0.5, 0.6) is 0 Å². The highest BCUT2D eigenvalue weighted by atomic mass is 16.5. The number of nitrogens with zero attached hydrogens (tertiary/aromatic N) is 1. The van der Waals surface area contributed by atoms with Gasteiger partial charge in [-0.1, -0.05) is 0 Å². The Morgan fingerprint density at radius 2 is 1.94 bits per heavy atom. The van der Waals surface area contributed by atoms with Gasteiger partial charge in [-0.2, -0.15) is 0 Å². The molecule has 0 aliphatic carbocycles. The lowest BCUT2D eigenvalue weighted by atomic mass is 10.1. The van der Waals surface area contributed by atoms with Crippen molar-refractivity contribution >= 4 is 11.5 Å². The van der Waals surface area contributed by atoms with E-state index in [1.165, 1.54) is 0 Å². The summed E-state index contributed by atoms with van der Waals surface area (Å²) in [5.74, 6) is 0.101. The Bertz CT molecular complexity index is 359. The van der Waals surface area contributed by atoms with E-state index in [2.05, 4.69) is 18.7 Å². The first-order valence-electron chi connectivity index (χ1n) is 5.76. The van der Waals surface area contributed by atoms with Crippen molar-refractivity contribution in [3.63, 3.8) is 0 Å². The SMILES string of the molecule is COCCN(c1ccc(C(=N)N)cc1)C(C)C. The van der Waals surface area contributed by atoms with Gasteiger partial charge >= 0.3 is 0 Å². The van der Waals surface area contributed by atoms with Crippen LogP contribution < -0.4 is 10.6 Å². The summed E-state index contributed by atoms with van der Waals surface area (Å²) in [6.45, 7) is 5.85. The van der Waals surface area contributed by atoms with Gasteiger partial charge in [-0.3, -0.25) is 5.41 Å². The Balaban J connectivity index is 2.83. The number of methoxy groups -OCH3 is 1. The van der Waals surface area contributed by atoms with Gasteiger partial charge in [-0.25, -0.2) is 0 Å². The first kappa shape index (κ1) is 13.5. The zero-order valence-corrected chi connectivity index (χ0v) is 10.7. The van der Waals surface area contributed by atoms with Gasteiger partial charge in [0.05, 0.1) is 6.61 Å². The Labute approximate surface area is 103 Å². The van der Waals surface area contributed by atoms with E-state index in [0.717, 1.165) is 17.8 Å². The molecule has 17 heavy (non-hydrogen) atoms. The molecular weight excluding hydrogens is 214 g/mol. The van der Waals surface area contributed by atoms with E-state index in [1.54, 1.807) is 7.11 Å². The molecule has 1 aromatic carbocycles. The summed E-state index contributed by atoms with van der Waals surface area (Å²) in [5, 5.41) is 7.35. The molecule has 3 N–H and O–H groups in total. The Morgan fingerprint density at radius 1 is 1.35 bits per heavy atom. The third-order valence-electron chi connectivity index (χ3n) is 2.67. The van der Waals surface area contributed by atoms with Gasteiger partial charge in [0.15, 0.2) is 0 Å². The van der Waals surface area contributed by atoms with Crippen LogP contribution >= 0.6 is 0 Å². The number of hydrogen-bond acceptors (Lipinski definition) is 3. The van der Waals surface area contributed by atoms with Gasteiger partial charge in [0.25, 0.3) is 0 Å². The zero-order chi connectivity index (χ0) is 12.8. The quantitative estimate of drug-likeness (QED) is 0.584. The van der Waals surface area contributed by atoms with Gasteiger partial charge in [0.1, 0.15) is 5.84 Å². The van der Waals surface area contributed by atoms with Crippen molar-refractivity contribution in [3.8, 4) is 0 Å². The summed E-state index contributed by atoms with van der Waals surface area (Å²) in [4.78, 5) is 2.26. The Kier molecular flexibility index (Phi) is 4.97. The van der Waals surface area contributed by atoms with Crippen molar-refractivity contribution in [2.24, 2.45) is 5.73 Å². The van der Waals surface area contributed by atoms with Crippen LogP contribution in [-0.2, 0) is 4.74 Å². The number of anilines is 1. The van der Waals surface area contributed by atoms with Crippen LogP contribution in [0, 0.1) is 5.41 Å². The molecule has 94 valence electrons. The van der Waals surface area contributed by atoms with Crippen molar-refractivity contribution in [1.82, 2.24) is 0 Å². The molecule has 4 nitrogen and oxygen atoms in total. The third-order valence-corrected chi connectivity index (χ3v) is 2.67. The predicted octanol–water partition coefficient (Wildman–Crippen LogP) is 1.83. The number of ether oxygens (including phenoxy) is 1. The molecule has 0 spiro atoms. The van der Waals surface area contributed by atoms with Crippen molar-refractivity contribution in [3.05, 3.63) is 29.8 Å². The highest BCUT2D eigenvalue weighted by Gasteiger charge is 2.10. The van der Waals surface area contributed by atoms with Crippen molar-refractivity contribution < 1.29 is 4.74 Å². The van der Waals surface area contributed by atoms with E-state index in [4.69, 9.17) is 15.9 Å². The van der Waals surface area contributed by atoms with E-state index in [0.29, 0.717) is 12.6 Å². The topological polar surface area (TPSA) is 62.3 Å². The number of nitrogens with two attached hydrogens (primary N) is 1. The second-order valence-corrected chi connectivity index (χ2v) is 4.24. The van der Waals surface area contributed by atoms with Crippen LogP contribution in [0.1, 0.15) is 19.4 Å². The largest absolute Gasteiger partial charge is 0.384 e. The van der Waals surface area contributed by atoms with Gasteiger partial charge < -0.3 is 15.4 Å². The number of nitrogens with one attached hydrogen (secondary N) is 1. The maximum atomic E-state index is 7.35. The Morgan fingerprint density at radius 3 is 2.35 bits per heavy atom. The average Bonchev–Trinajstić information content (AvgIpc) is 2.29. The first-order chi connectivity index (χ1) is 8.06. The molecule has 1 aromatic rings. The van der Waals surface area contributed by atoms with Crippen molar-refractivity contribution in [1.29, 1.82) is 5.41 Å². The predicted molar refractivity (Wildman–Crippen MR) is 71.8 cm³/mol. The molecule has 0 atom stereocenters. The summed E-state index contributed by atoms with van der Waals surface area (Å²) in [7, 11) is 1.71. The Hall–Kier alpha value is -1.55. The minimum atomic E-state index is 0.101. The van der Waals surface area contributed by atoms with Crippen LogP contribution in [0.15, 0.2) is 24.3 Å². The van der Waals surface area contributed by atoms with Crippen LogP contribution in [0.2, 0.25) is 0 Å². The van der Waals surface area contributed by atoms with Crippen LogP contribution in [0.25, 0.3) is 0 Å². The fourth-order valence-electron chi connectivity index (χ4n) is 1.71. The standard InChI is InChI=1S/C13H21N3O/c1-10(2)16(8-9-17-3)12-6-4-11(5-7-12)13(14)15/h4-7,10H,8-9H2,1-3H3,(H3,14,15). The third kappa shape index (κ3) is 3.75. The zero-order valence-electron chi connectivity index (χ0n) is 10.7. The summed E-state index contributed by atoms with van der Waals surface area (Å²) in [6.07, 6.45) is 0. The highest BCUT2D eigenvalue weighted by molar-refractivity contribution is 5.95. The maximum absolute atomic E-state index is 7.35. The first-order valence-corrected chi connectivity index (χ1v) is 5.76. The number of rotatable bonds is 6. The molecule has 0 unspecified atom stereocenters. The molecule has 0 aromatic heterocycles. The minimum Gasteiger partial charge on any atom is -0.384 e. The summed E-state index contributed by atoms with van der Waals surface area (Å²) in [6, 6.07) is 8.15. The molecule has 0 bridgehead atoms. The van der Waals surface area contributed by atoms with Gasteiger partial charge in [0, 0.05) is 30.9 Å². The number of benzene rings is 1. The van der Waals surface area contributed by atoms with E-state index in [9.17, 15) is 0 Å². The molecule has 0 radical (unpaired) electrons. The molecule has 0 saturated heterocycles. The smallest absolute Gasteiger partial charge is 0.122 e. The maximum Gasteiger partial charge on any atom is 0.122 e. The van der Waals surface area contributed by atoms with Crippen LogP contribution in [0.4, 0.5) is 5.69 Å². The van der Waals surface area contributed by atoms with E-state index < -0.39 is 0 Å². The van der Waals surface area contributed by atoms with Crippen LogP contribution in [0.3, 0.4) is 0 Å². The van der Waals surface area contributed by atoms with E-state index >= 15 is 0 Å². The monoisotopic (exact) mass is 235 g/mol. The fourth-order valence-corrected chi connectivity index (χ4v) is 1.71. The van der Waals surface area contributed by atoms with Crippen LogP contribution in [-0.4, -0.2) is 32.1 Å².